The van der Waals surface area contributed by atoms with E-state index >= 15 is 0 Å². The second-order valence-corrected chi connectivity index (χ2v) is 9.85. The number of hydrogen-bond donors (Lipinski definition) is 1. The number of carbonyl (C=O) groups excluding carboxylic acids is 1. The standard InChI is InChI=1S/C25H31N3O2S2/c1-3-30-21-8-4-19(5-9-21)23(29)27-15-12-25(13-16-27)14-17-28(18-25)24(31)26-20-6-10-22(32-2)11-7-20/h4-11H,3,12-18H2,1-2H3,(H,26,31). The Labute approximate surface area is 200 Å². The van der Waals surface area contributed by atoms with Crippen molar-refractivity contribution in [1.29, 1.82) is 0 Å². The first-order valence-corrected chi connectivity index (χ1v) is 12.9. The second kappa shape index (κ2) is 10.1. The zero-order chi connectivity index (χ0) is 22.6. The Morgan fingerprint density at radius 2 is 1.66 bits per heavy atom. The first-order chi connectivity index (χ1) is 15.5. The van der Waals surface area contributed by atoms with Gasteiger partial charge in [-0.3, -0.25) is 4.79 Å². The van der Waals surface area contributed by atoms with E-state index < -0.39 is 0 Å². The van der Waals surface area contributed by atoms with Crippen molar-refractivity contribution in [2.75, 3.05) is 44.4 Å². The fourth-order valence-corrected chi connectivity index (χ4v) is 5.30. The summed E-state index contributed by atoms with van der Waals surface area (Å²) < 4.78 is 5.48. The van der Waals surface area contributed by atoms with Crippen LogP contribution in [0.4, 0.5) is 5.69 Å². The van der Waals surface area contributed by atoms with Crippen molar-refractivity contribution >= 4 is 40.7 Å². The third-order valence-corrected chi connectivity index (χ3v) is 7.69. The number of hydrogen-bond acceptors (Lipinski definition) is 4. The molecule has 0 aromatic heterocycles. The Morgan fingerprint density at radius 1 is 1.03 bits per heavy atom. The quantitative estimate of drug-likeness (QED) is 0.484. The highest BCUT2D eigenvalue weighted by molar-refractivity contribution is 7.98. The van der Waals surface area contributed by atoms with Gasteiger partial charge in [0.2, 0.25) is 0 Å². The average Bonchev–Trinajstić information content (AvgIpc) is 3.24. The highest BCUT2D eigenvalue weighted by Crippen LogP contribution is 2.41. The van der Waals surface area contributed by atoms with Crippen LogP contribution in [0, 0.1) is 5.41 Å². The maximum atomic E-state index is 12.9. The van der Waals surface area contributed by atoms with Crippen molar-refractivity contribution in [2.24, 2.45) is 5.41 Å². The number of rotatable bonds is 5. The maximum Gasteiger partial charge on any atom is 0.253 e. The van der Waals surface area contributed by atoms with Crippen LogP contribution < -0.4 is 10.1 Å². The van der Waals surface area contributed by atoms with E-state index in [2.05, 4.69) is 40.7 Å². The average molecular weight is 470 g/mol. The molecule has 2 fully saturated rings. The van der Waals surface area contributed by atoms with Gasteiger partial charge in [-0.25, -0.2) is 0 Å². The summed E-state index contributed by atoms with van der Waals surface area (Å²) in [6.45, 7) is 6.13. The monoisotopic (exact) mass is 469 g/mol. The molecule has 32 heavy (non-hydrogen) atoms. The number of benzene rings is 2. The normalized spacial score (nSPS) is 17.4. The van der Waals surface area contributed by atoms with E-state index in [1.165, 1.54) is 4.90 Å². The van der Waals surface area contributed by atoms with Gasteiger partial charge in [-0.1, -0.05) is 0 Å². The Morgan fingerprint density at radius 3 is 2.25 bits per heavy atom. The van der Waals surface area contributed by atoms with Crippen LogP contribution in [0.5, 0.6) is 5.75 Å². The summed E-state index contributed by atoms with van der Waals surface area (Å²) in [7, 11) is 0. The number of nitrogens with zero attached hydrogens (tertiary/aromatic N) is 2. The van der Waals surface area contributed by atoms with Gasteiger partial charge in [-0.2, -0.15) is 0 Å². The molecule has 0 atom stereocenters. The van der Waals surface area contributed by atoms with E-state index in [4.69, 9.17) is 17.0 Å². The predicted molar refractivity (Wildman–Crippen MR) is 136 cm³/mol. The number of nitrogens with one attached hydrogen (secondary N) is 1. The zero-order valence-electron chi connectivity index (χ0n) is 18.8. The van der Waals surface area contributed by atoms with Crippen LogP contribution in [0.3, 0.4) is 0 Å². The van der Waals surface area contributed by atoms with Gasteiger partial charge in [0.15, 0.2) is 5.11 Å². The van der Waals surface area contributed by atoms with Crippen LogP contribution in [0.25, 0.3) is 0 Å². The van der Waals surface area contributed by atoms with Crippen molar-refractivity contribution < 1.29 is 9.53 Å². The second-order valence-electron chi connectivity index (χ2n) is 8.58. The van der Waals surface area contributed by atoms with Gasteiger partial charge >= 0.3 is 0 Å². The van der Waals surface area contributed by atoms with Crippen LogP contribution in [0.2, 0.25) is 0 Å². The fourth-order valence-electron chi connectivity index (χ4n) is 4.62. The molecule has 2 aliphatic heterocycles. The summed E-state index contributed by atoms with van der Waals surface area (Å²) in [4.78, 5) is 18.5. The molecule has 1 N–H and O–H groups in total. The topological polar surface area (TPSA) is 44.8 Å². The molecule has 5 nitrogen and oxygen atoms in total. The minimum atomic E-state index is 0.114. The van der Waals surface area contributed by atoms with Gasteiger partial charge in [0.05, 0.1) is 6.61 Å². The van der Waals surface area contributed by atoms with Crippen LogP contribution in [-0.2, 0) is 0 Å². The number of ether oxygens (including phenoxy) is 1. The van der Waals surface area contributed by atoms with Crippen molar-refractivity contribution in [3.8, 4) is 5.75 Å². The van der Waals surface area contributed by atoms with Gasteiger partial charge in [0.25, 0.3) is 5.91 Å². The molecule has 1 amide bonds. The SMILES string of the molecule is CCOc1ccc(C(=O)N2CCC3(CC2)CCN(C(=S)Nc2ccc(SC)cc2)C3)cc1. The number of amides is 1. The summed E-state index contributed by atoms with van der Waals surface area (Å²) in [6.07, 6.45) is 5.26. The first-order valence-electron chi connectivity index (χ1n) is 11.2. The summed E-state index contributed by atoms with van der Waals surface area (Å²) in [5.74, 6) is 0.918. The molecule has 0 saturated carbocycles. The first kappa shape index (κ1) is 22.9. The molecule has 170 valence electrons. The van der Waals surface area contributed by atoms with E-state index in [9.17, 15) is 4.79 Å². The molecule has 2 aromatic rings. The zero-order valence-corrected chi connectivity index (χ0v) is 20.4. The molecule has 2 heterocycles. The summed E-state index contributed by atoms with van der Waals surface area (Å²) in [5.41, 5.74) is 2.02. The van der Waals surface area contributed by atoms with Gasteiger partial charge in [0, 0.05) is 42.3 Å². The summed E-state index contributed by atoms with van der Waals surface area (Å²) in [6, 6.07) is 15.9. The molecule has 4 rings (SSSR count). The molecular formula is C25H31N3O2S2. The minimum absolute atomic E-state index is 0.114. The van der Waals surface area contributed by atoms with Crippen molar-refractivity contribution in [3.63, 3.8) is 0 Å². The molecule has 0 bridgehead atoms. The molecular weight excluding hydrogens is 438 g/mol. The van der Waals surface area contributed by atoms with Crippen molar-refractivity contribution in [3.05, 3.63) is 54.1 Å². The molecule has 2 aromatic carbocycles. The Kier molecular flexibility index (Phi) is 7.26. The Hall–Kier alpha value is -2.25. The lowest BCUT2D eigenvalue weighted by molar-refractivity contribution is 0.0599. The molecule has 1 spiro atoms. The number of thioether (sulfide) groups is 1. The summed E-state index contributed by atoms with van der Waals surface area (Å²) in [5, 5.41) is 4.19. The molecule has 0 radical (unpaired) electrons. The highest BCUT2D eigenvalue weighted by Gasteiger charge is 2.42. The van der Waals surface area contributed by atoms with Crippen LogP contribution >= 0.6 is 24.0 Å². The molecule has 0 unspecified atom stereocenters. The van der Waals surface area contributed by atoms with Crippen LogP contribution in [0.15, 0.2) is 53.4 Å². The Balaban J connectivity index is 1.29. The number of carbonyl (C=O) groups is 1. The largest absolute Gasteiger partial charge is 0.494 e. The van der Waals surface area contributed by atoms with E-state index in [-0.39, 0.29) is 11.3 Å². The van der Waals surface area contributed by atoms with Gasteiger partial charge < -0.3 is 19.9 Å². The summed E-state index contributed by atoms with van der Waals surface area (Å²) >= 11 is 7.44. The smallest absolute Gasteiger partial charge is 0.253 e. The number of anilines is 1. The fraction of sp³-hybridized carbons (Fsp3) is 0.440. The molecule has 2 saturated heterocycles. The van der Waals surface area contributed by atoms with Crippen LogP contribution in [0.1, 0.15) is 36.5 Å². The Bertz CT molecular complexity index is 939. The molecule has 0 aliphatic carbocycles. The van der Waals surface area contributed by atoms with E-state index in [1.54, 1.807) is 11.8 Å². The number of piperidine rings is 1. The maximum absolute atomic E-state index is 12.9. The van der Waals surface area contributed by atoms with Gasteiger partial charge in [-0.05, 0) is 98.6 Å². The lowest BCUT2D eigenvalue weighted by Crippen LogP contribution is -2.45. The van der Waals surface area contributed by atoms with Gasteiger partial charge in [-0.15, -0.1) is 11.8 Å². The van der Waals surface area contributed by atoms with Crippen LogP contribution in [-0.4, -0.2) is 59.9 Å². The third-order valence-electron chi connectivity index (χ3n) is 6.59. The van der Waals surface area contributed by atoms with Gasteiger partial charge in [0.1, 0.15) is 5.75 Å². The van der Waals surface area contributed by atoms with E-state index in [1.807, 2.05) is 36.1 Å². The van der Waals surface area contributed by atoms with Crippen molar-refractivity contribution in [2.45, 2.75) is 31.1 Å². The minimum Gasteiger partial charge on any atom is -0.494 e. The lowest BCUT2D eigenvalue weighted by Gasteiger charge is -2.39. The predicted octanol–water partition coefficient (Wildman–Crippen LogP) is 5.13. The molecule has 7 heteroatoms. The van der Waals surface area contributed by atoms with E-state index in [0.29, 0.717) is 6.61 Å². The number of likely N-dealkylation sites (tertiary alicyclic amines) is 2. The third kappa shape index (κ3) is 5.21. The molecule has 2 aliphatic rings. The lowest BCUT2D eigenvalue weighted by atomic mass is 9.77. The highest BCUT2D eigenvalue weighted by atomic mass is 32.2. The van der Waals surface area contributed by atoms with Crippen molar-refractivity contribution in [1.82, 2.24) is 9.80 Å². The van der Waals surface area contributed by atoms with E-state index in [0.717, 1.165) is 67.6 Å². The number of thiocarbonyl (C=S) groups is 1.